The van der Waals surface area contributed by atoms with Crippen LogP contribution >= 0.6 is 0 Å². The Morgan fingerprint density at radius 3 is 3.06 bits per heavy atom. The summed E-state index contributed by atoms with van der Waals surface area (Å²) in [5.41, 5.74) is 1.19. The van der Waals surface area contributed by atoms with Crippen molar-refractivity contribution in [3.8, 4) is 0 Å². The smallest absolute Gasteiger partial charge is 0.270 e. The molecule has 0 saturated carbocycles. The quantitative estimate of drug-likeness (QED) is 0.843. The van der Waals surface area contributed by atoms with Gasteiger partial charge >= 0.3 is 0 Å². The van der Waals surface area contributed by atoms with E-state index in [2.05, 4.69) is 15.4 Å². The fourth-order valence-electron chi connectivity index (χ4n) is 1.41. The van der Waals surface area contributed by atoms with Crippen molar-refractivity contribution in [2.24, 2.45) is 0 Å². The Labute approximate surface area is 93.5 Å². The van der Waals surface area contributed by atoms with Crippen LogP contribution in [-0.2, 0) is 0 Å². The van der Waals surface area contributed by atoms with E-state index in [-0.39, 0.29) is 11.9 Å². The van der Waals surface area contributed by atoms with Gasteiger partial charge in [0, 0.05) is 18.3 Å². The van der Waals surface area contributed by atoms with Crippen molar-refractivity contribution >= 4 is 11.6 Å². The normalized spacial score (nSPS) is 12.6. The molecule has 5 heteroatoms. The van der Waals surface area contributed by atoms with E-state index in [1.807, 2.05) is 13.8 Å². The monoisotopic (exact) mass is 218 g/mol. The predicted molar refractivity (Wildman–Crippen MR) is 60.2 cm³/mol. The highest BCUT2D eigenvalue weighted by Gasteiger charge is 2.12. The summed E-state index contributed by atoms with van der Waals surface area (Å²) in [7, 11) is 0. The summed E-state index contributed by atoms with van der Waals surface area (Å²) >= 11 is 0. The van der Waals surface area contributed by atoms with Gasteiger partial charge in [-0.15, -0.1) is 0 Å². The minimum absolute atomic E-state index is 0.120. The minimum atomic E-state index is -0.120. The molecule has 0 aliphatic rings. The average molecular weight is 218 g/mol. The maximum Gasteiger partial charge on any atom is 0.270 e. The number of carbonyl (C=O) groups excluding carboxylic acids is 1. The molecule has 1 unspecified atom stereocenters. The maximum absolute atomic E-state index is 11.9. The zero-order valence-electron chi connectivity index (χ0n) is 9.34. The number of nitrogens with one attached hydrogen (secondary N) is 1. The van der Waals surface area contributed by atoms with Gasteiger partial charge in [-0.3, -0.25) is 4.79 Å². The Hall–Kier alpha value is -1.91. The zero-order chi connectivity index (χ0) is 11.5. The largest absolute Gasteiger partial charge is 0.348 e. The molecule has 1 amide bonds. The molecule has 0 bridgehead atoms. The topological polar surface area (TPSA) is 59.3 Å². The second kappa shape index (κ2) is 4.30. The molecule has 2 aromatic heterocycles. The minimum Gasteiger partial charge on any atom is -0.348 e. The third kappa shape index (κ3) is 1.88. The van der Waals surface area contributed by atoms with Crippen LogP contribution in [0.3, 0.4) is 0 Å². The Morgan fingerprint density at radius 1 is 1.50 bits per heavy atom. The van der Waals surface area contributed by atoms with Gasteiger partial charge in [-0.25, -0.2) is 9.50 Å². The molecule has 2 rings (SSSR count). The number of hydrogen-bond donors (Lipinski definition) is 1. The van der Waals surface area contributed by atoms with E-state index >= 15 is 0 Å². The van der Waals surface area contributed by atoms with Gasteiger partial charge in [0.25, 0.3) is 5.91 Å². The van der Waals surface area contributed by atoms with E-state index < -0.39 is 0 Å². The van der Waals surface area contributed by atoms with Crippen LogP contribution in [0.15, 0.2) is 24.5 Å². The molecule has 16 heavy (non-hydrogen) atoms. The van der Waals surface area contributed by atoms with Crippen LogP contribution in [0.25, 0.3) is 5.65 Å². The molecule has 84 valence electrons. The highest BCUT2D eigenvalue weighted by atomic mass is 16.2. The Morgan fingerprint density at radius 2 is 2.31 bits per heavy atom. The Bertz CT molecular complexity index is 505. The van der Waals surface area contributed by atoms with Gasteiger partial charge in [0.05, 0.1) is 6.20 Å². The molecule has 1 atom stereocenters. The number of carbonyl (C=O) groups is 1. The lowest BCUT2D eigenvalue weighted by Crippen LogP contribution is -2.33. The molecule has 0 spiro atoms. The molecule has 0 aliphatic heterocycles. The summed E-state index contributed by atoms with van der Waals surface area (Å²) in [5.74, 6) is -0.120. The van der Waals surface area contributed by atoms with Crippen molar-refractivity contribution in [3.63, 3.8) is 0 Å². The lowest BCUT2D eigenvalue weighted by atomic mass is 10.2. The van der Waals surface area contributed by atoms with E-state index in [0.29, 0.717) is 11.3 Å². The summed E-state index contributed by atoms with van der Waals surface area (Å²) in [6, 6.07) is 3.59. The lowest BCUT2D eigenvalue weighted by molar-refractivity contribution is 0.0931. The second-order valence-electron chi connectivity index (χ2n) is 3.71. The van der Waals surface area contributed by atoms with Gasteiger partial charge in [-0.05, 0) is 19.4 Å². The highest BCUT2D eigenvalue weighted by Crippen LogP contribution is 2.03. The number of aromatic nitrogens is 3. The van der Waals surface area contributed by atoms with Gasteiger partial charge in [0.2, 0.25) is 0 Å². The van der Waals surface area contributed by atoms with E-state index in [9.17, 15) is 4.79 Å². The molecule has 0 aliphatic carbocycles. The maximum atomic E-state index is 11.9. The highest BCUT2D eigenvalue weighted by molar-refractivity contribution is 5.93. The van der Waals surface area contributed by atoms with E-state index in [4.69, 9.17) is 0 Å². The number of nitrogens with zero attached hydrogens (tertiary/aromatic N) is 3. The summed E-state index contributed by atoms with van der Waals surface area (Å²) in [6.45, 7) is 4.00. The van der Waals surface area contributed by atoms with Crippen LogP contribution in [0.1, 0.15) is 30.8 Å². The van der Waals surface area contributed by atoms with Crippen molar-refractivity contribution in [1.29, 1.82) is 0 Å². The molecular weight excluding hydrogens is 204 g/mol. The second-order valence-corrected chi connectivity index (χ2v) is 3.71. The number of fused-ring (bicyclic) bond motifs is 1. The van der Waals surface area contributed by atoms with Crippen molar-refractivity contribution < 1.29 is 4.79 Å². The van der Waals surface area contributed by atoms with Gasteiger partial charge in [-0.1, -0.05) is 6.92 Å². The molecule has 0 saturated heterocycles. The third-order valence-corrected chi connectivity index (χ3v) is 2.51. The molecule has 1 N–H and O–H groups in total. The van der Waals surface area contributed by atoms with Crippen LogP contribution < -0.4 is 5.32 Å². The van der Waals surface area contributed by atoms with Crippen molar-refractivity contribution in [1.82, 2.24) is 19.9 Å². The fourth-order valence-corrected chi connectivity index (χ4v) is 1.41. The van der Waals surface area contributed by atoms with Crippen molar-refractivity contribution in [2.75, 3.05) is 0 Å². The summed E-state index contributed by atoms with van der Waals surface area (Å²) in [4.78, 5) is 16.0. The van der Waals surface area contributed by atoms with E-state index in [0.717, 1.165) is 6.42 Å². The molecular formula is C11H14N4O. The predicted octanol–water partition coefficient (Wildman–Crippen LogP) is 1.26. The lowest BCUT2D eigenvalue weighted by Gasteiger charge is -2.11. The van der Waals surface area contributed by atoms with Crippen molar-refractivity contribution in [3.05, 3.63) is 30.2 Å². The van der Waals surface area contributed by atoms with Crippen LogP contribution in [0.5, 0.6) is 0 Å². The average Bonchev–Trinajstić information content (AvgIpc) is 2.76. The summed E-state index contributed by atoms with van der Waals surface area (Å²) in [6.07, 6.45) is 4.14. The van der Waals surface area contributed by atoms with Gasteiger partial charge < -0.3 is 5.32 Å². The molecule has 0 aromatic carbocycles. The number of amides is 1. The molecule has 5 nitrogen and oxygen atoms in total. The van der Waals surface area contributed by atoms with E-state index in [1.54, 1.807) is 24.5 Å². The first kappa shape index (κ1) is 10.6. The first-order valence-corrected chi connectivity index (χ1v) is 5.32. The van der Waals surface area contributed by atoms with Crippen molar-refractivity contribution in [2.45, 2.75) is 26.3 Å². The number of hydrogen-bond acceptors (Lipinski definition) is 3. The molecule has 2 aromatic rings. The van der Waals surface area contributed by atoms with Gasteiger partial charge in [0.1, 0.15) is 5.69 Å². The van der Waals surface area contributed by atoms with Crippen LogP contribution in [-0.4, -0.2) is 26.5 Å². The molecule has 2 heterocycles. The van der Waals surface area contributed by atoms with E-state index in [1.165, 1.54) is 4.52 Å². The first-order valence-electron chi connectivity index (χ1n) is 5.32. The zero-order valence-corrected chi connectivity index (χ0v) is 9.34. The van der Waals surface area contributed by atoms with Crippen LogP contribution in [0.2, 0.25) is 0 Å². The Balaban J connectivity index is 2.32. The molecule has 0 radical (unpaired) electrons. The molecule has 0 fully saturated rings. The standard InChI is InChI=1S/C11H14N4O/c1-3-8(2)14-11(16)9-4-6-12-10-5-7-13-15(9)10/h4-8H,3H2,1-2H3,(H,14,16). The van der Waals surface area contributed by atoms with Crippen LogP contribution in [0, 0.1) is 0 Å². The fraction of sp³-hybridized carbons (Fsp3) is 0.364. The van der Waals surface area contributed by atoms with Gasteiger partial charge in [-0.2, -0.15) is 5.10 Å². The SMILES string of the molecule is CCC(C)NC(=O)c1ccnc2ccnn12. The number of rotatable bonds is 3. The third-order valence-electron chi connectivity index (χ3n) is 2.51. The summed E-state index contributed by atoms with van der Waals surface area (Å²) < 4.78 is 1.54. The summed E-state index contributed by atoms with van der Waals surface area (Å²) in [5, 5.41) is 6.97. The first-order chi connectivity index (χ1) is 7.72. The Kier molecular flexibility index (Phi) is 2.85. The van der Waals surface area contributed by atoms with Gasteiger partial charge in [0.15, 0.2) is 5.65 Å². The van der Waals surface area contributed by atoms with Crippen LogP contribution in [0.4, 0.5) is 0 Å².